The molecule has 1 amide bonds. The van der Waals surface area contributed by atoms with E-state index in [9.17, 15) is 4.79 Å². The number of benzene rings is 2. The largest absolute Gasteiger partial charge is 0.497 e. The van der Waals surface area contributed by atoms with Gasteiger partial charge in [0.25, 0.3) is 0 Å². The molecule has 3 aromatic rings. The third-order valence-electron chi connectivity index (χ3n) is 6.29. The standard InChI is InChI=1S/C24H29N3O2/c1-29-18-11-9-16(10-12-18)21(22-15-26-23-8-3-2-6-20(22)23)14-27-24(28)19-7-4-5-17(19)13-25/h2-3,6,8-12,15,17,19,21,26H,4-5,7,13-14,25H2,1H3,(H,27,28)/t17-,19-,21?/m1/s1. The van der Waals surface area contributed by atoms with Crippen LogP contribution in [0.1, 0.15) is 36.3 Å². The van der Waals surface area contributed by atoms with E-state index in [4.69, 9.17) is 10.5 Å². The van der Waals surface area contributed by atoms with Gasteiger partial charge in [-0.05, 0) is 54.6 Å². The lowest BCUT2D eigenvalue weighted by Crippen LogP contribution is -2.37. The Labute approximate surface area is 171 Å². The van der Waals surface area contributed by atoms with Crippen molar-refractivity contribution in [1.82, 2.24) is 10.3 Å². The average molecular weight is 392 g/mol. The maximum atomic E-state index is 12.9. The number of para-hydroxylation sites is 1. The summed E-state index contributed by atoms with van der Waals surface area (Å²) in [6, 6.07) is 16.4. The normalized spacial score (nSPS) is 19.9. The summed E-state index contributed by atoms with van der Waals surface area (Å²) in [5.41, 5.74) is 9.32. The number of amides is 1. The number of nitrogens with one attached hydrogen (secondary N) is 2. The van der Waals surface area contributed by atoms with E-state index in [0.29, 0.717) is 19.0 Å². The van der Waals surface area contributed by atoms with Crippen LogP contribution in [0, 0.1) is 11.8 Å². The minimum absolute atomic E-state index is 0.0412. The predicted octanol–water partition coefficient (Wildman–Crippen LogP) is 3.80. The van der Waals surface area contributed by atoms with Crippen LogP contribution in [0.15, 0.2) is 54.7 Å². The van der Waals surface area contributed by atoms with E-state index in [0.717, 1.165) is 36.1 Å². The zero-order valence-electron chi connectivity index (χ0n) is 16.9. The van der Waals surface area contributed by atoms with Crippen LogP contribution in [-0.2, 0) is 4.79 Å². The van der Waals surface area contributed by atoms with Crippen molar-refractivity contribution in [2.45, 2.75) is 25.2 Å². The fourth-order valence-electron chi connectivity index (χ4n) is 4.62. The van der Waals surface area contributed by atoms with Crippen LogP contribution in [0.25, 0.3) is 10.9 Å². The van der Waals surface area contributed by atoms with E-state index in [1.54, 1.807) is 7.11 Å². The monoisotopic (exact) mass is 391 g/mol. The summed E-state index contributed by atoms with van der Waals surface area (Å²) in [5.74, 6) is 1.37. The second-order valence-electron chi connectivity index (χ2n) is 7.89. The smallest absolute Gasteiger partial charge is 0.223 e. The van der Waals surface area contributed by atoms with Gasteiger partial charge in [0, 0.05) is 35.5 Å². The lowest BCUT2D eigenvalue weighted by Gasteiger charge is -2.22. The van der Waals surface area contributed by atoms with Gasteiger partial charge in [0.2, 0.25) is 5.91 Å². The number of fused-ring (bicyclic) bond motifs is 1. The maximum absolute atomic E-state index is 12.9. The molecule has 4 N–H and O–H groups in total. The number of nitrogens with two attached hydrogens (primary N) is 1. The van der Waals surface area contributed by atoms with E-state index < -0.39 is 0 Å². The summed E-state index contributed by atoms with van der Waals surface area (Å²) in [6.45, 7) is 1.14. The zero-order chi connectivity index (χ0) is 20.2. The number of aromatic amines is 1. The highest BCUT2D eigenvalue weighted by Gasteiger charge is 2.32. The van der Waals surface area contributed by atoms with E-state index in [1.807, 2.05) is 24.3 Å². The molecule has 0 bridgehead atoms. The summed E-state index contributed by atoms with van der Waals surface area (Å²) in [5, 5.41) is 4.41. The molecule has 5 heteroatoms. The first-order valence-corrected chi connectivity index (χ1v) is 10.4. The molecule has 1 unspecified atom stereocenters. The van der Waals surface area contributed by atoms with Gasteiger partial charge in [0.1, 0.15) is 5.75 Å². The van der Waals surface area contributed by atoms with Crippen LogP contribution in [0.3, 0.4) is 0 Å². The Morgan fingerprint density at radius 3 is 2.76 bits per heavy atom. The summed E-state index contributed by atoms with van der Waals surface area (Å²) in [4.78, 5) is 16.3. The Hall–Kier alpha value is -2.79. The molecule has 2 aromatic carbocycles. The van der Waals surface area contributed by atoms with Crippen LogP contribution in [0.4, 0.5) is 0 Å². The lowest BCUT2D eigenvalue weighted by atomic mass is 9.90. The molecule has 0 spiro atoms. The van der Waals surface area contributed by atoms with Crippen molar-refractivity contribution >= 4 is 16.8 Å². The van der Waals surface area contributed by atoms with Gasteiger partial charge in [-0.15, -0.1) is 0 Å². The Morgan fingerprint density at radius 2 is 2.00 bits per heavy atom. The van der Waals surface area contributed by atoms with Crippen LogP contribution in [0.2, 0.25) is 0 Å². The molecule has 3 atom stereocenters. The average Bonchev–Trinajstić information content (AvgIpc) is 3.41. The van der Waals surface area contributed by atoms with Crippen LogP contribution >= 0.6 is 0 Å². The van der Waals surface area contributed by atoms with Gasteiger partial charge in [0.15, 0.2) is 0 Å². The number of aromatic nitrogens is 1. The first-order valence-electron chi connectivity index (χ1n) is 10.4. The molecule has 1 aliphatic rings. The Morgan fingerprint density at radius 1 is 1.21 bits per heavy atom. The third kappa shape index (κ3) is 4.01. The number of methoxy groups -OCH3 is 1. The van der Waals surface area contributed by atoms with Crippen molar-refractivity contribution in [1.29, 1.82) is 0 Å². The van der Waals surface area contributed by atoms with Crippen LogP contribution in [0.5, 0.6) is 5.75 Å². The number of hydrogen-bond donors (Lipinski definition) is 3. The number of rotatable bonds is 7. The van der Waals surface area contributed by atoms with Gasteiger partial charge in [-0.2, -0.15) is 0 Å². The number of H-pyrrole nitrogens is 1. The Balaban J connectivity index is 1.60. The fourth-order valence-corrected chi connectivity index (χ4v) is 4.62. The van der Waals surface area contributed by atoms with Gasteiger partial charge < -0.3 is 20.8 Å². The second kappa shape index (κ2) is 8.70. The predicted molar refractivity (Wildman–Crippen MR) is 116 cm³/mol. The number of carbonyl (C=O) groups excluding carboxylic acids is 1. The van der Waals surface area contributed by atoms with Crippen molar-refractivity contribution in [3.05, 3.63) is 65.9 Å². The lowest BCUT2D eigenvalue weighted by molar-refractivity contribution is -0.125. The number of carbonyl (C=O) groups is 1. The van der Waals surface area contributed by atoms with Gasteiger partial charge in [-0.3, -0.25) is 4.79 Å². The van der Waals surface area contributed by atoms with Gasteiger partial charge in [-0.25, -0.2) is 0 Å². The second-order valence-corrected chi connectivity index (χ2v) is 7.89. The fraction of sp³-hybridized carbons (Fsp3) is 0.375. The van der Waals surface area contributed by atoms with Crippen molar-refractivity contribution in [2.24, 2.45) is 17.6 Å². The molecular weight excluding hydrogens is 362 g/mol. The maximum Gasteiger partial charge on any atom is 0.223 e. The Bertz CT molecular complexity index is 964. The highest BCUT2D eigenvalue weighted by Crippen LogP contribution is 2.33. The molecule has 0 radical (unpaired) electrons. The van der Waals surface area contributed by atoms with Crippen molar-refractivity contribution in [2.75, 3.05) is 20.2 Å². The van der Waals surface area contributed by atoms with Gasteiger partial charge in [0.05, 0.1) is 7.11 Å². The van der Waals surface area contributed by atoms with E-state index in [2.05, 4.69) is 40.8 Å². The molecule has 0 aliphatic heterocycles. The summed E-state index contributed by atoms with van der Waals surface area (Å²) in [7, 11) is 1.67. The van der Waals surface area contributed by atoms with E-state index in [-0.39, 0.29) is 17.7 Å². The molecule has 1 heterocycles. The molecule has 4 rings (SSSR count). The SMILES string of the molecule is COc1ccc(C(CNC(=O)[C@@H]2CCC[C@@H]2CN)c2c[nH]c3ccccc23)cc1. The number of hydrogen-bond acceptors (Lipinski definition) is 3. The first kappa shape index (κ1) is 19.5. The van der Waals surface area contributed by atoms with Crippen LogP contribution < -0.4 is 15.8 Å². The van der Waals surface area contributed by atoms with Crippen molar-refractivity contribution in [3.63, 3.8) is 0 Å². The summed E-state index contributed by atoms with van der Waals surface area (Å²) < 4.78 is 5.31. The highest BCUT2D eigenvalue weighted by molar-refractivity contribution is 5.84. The minimum Gasteiger partial charge on any atom is -0.497 e. The molecule has 1 fully saturated rings. The molecule has 152 valence electrons. The number of ether oxygens (including phenoxy) is 1. The van der Waals surface area contributed by atoms with Crippen molar-refractivity contribution in [3.8, 4) is 5.75 Å². The molecule has 1 aromatic heterocycles. The van der Waals surface area contributed by atoms with E-state index >= 15 is 0 Å². The molecule has 29 heavy (non-hydrogen) atoms. The molecule has 5 nitrogen and oxygen atoms in total. The van der Waals surface area contributed by atoms with Crippen molar-refractivity contribution < 1.29 is 9.53 Å². The van der Waals surface area contributed by atoms with E-state index in [1.165, 1.54) is 10.9 Å². The summed E-state index contributed by atoms with van der Waals surface area (Å²) >= 11 is 0. The highest BCUT2D eigenvalue weighted by atomic mass is 16.5. The van der Waals surface area contributed by atoms with Gasteiger partial charge >= 0.3 is 0 Å². The quantitative estimate of drug-likeness (QED) is 0.573. The van der Waals surface area contributed by atoms with Crippen LogP contribution in [-0.4, -0.2) is 31.1 Å². The molecule has 1 saturated carbocycles. The zero-order valence-corrected chi connectivity index (χ0v) is 16.9. The molecule has 0 saturated heterocycles. The topological polar surface area (TPSA) is 80.1 Å². The first-order chi connectivity index (χ1) is 14.2. The summed E-state index contributed by atoms with van der Waals surface area (Å²) in [6.07, 6.45) is 5.14. The Kier molecular flexibility index (Phi) is 5.86. The minimum atomic E-state index is 0.0412. The molecule has 1 aliphatic carbocycles. The third-order valence-corrected chi connectivity index (χ3v) is 6.29. The molecular formula is C24H29N3O2. The van der Waals surface area contributed by atoms with Gasteiger partial charge in [-0.1, -0.05) is 36.8 Å².